The van der Waals surface area contributed by atoms with Crippen LogP contribution in [0.15, 0.2) is 18.3 Å². The Morgan fingerprint density at radius 2 is 2.21 bits per heavy atom. The monoisotopic (exact) mass is 261 g/mol. The van der Waals surface area contributed by atoms with Gasteiger partial charge < -0.3 is 10.2 Å². The van der Waals surface area contributed by atoms with Crippen LogP contribution >= 0.6 is 0 Å². The zero-order valence-electron chi connectivity index (χ0n) is 12.7. The van der Waals surface area contributed by atoms with Crippen molar-refractivity contribution in [2.24, 2.45) is 5.92 Å². The molecule has 2 heterocycles. The maximum absolute atomic E-state index is 4.68. The van der Waals surface area contributed by atoms with E-state index in [-0.39, 0.29) is 0 Å². The van der Waals surface area contributed by atoms with Crippen molar-refractivity contribution in [3.05, 3.63) is 23.9 Å². The first kappa shape index (κ1) is 14.3. The van der Waals surface area contributed by atoms with Crippen molar-refractivity contribution in [2.45, 2.75) is 52.6 Å². The van der Waals surface area contributed by atoms with Crippen LogP contribution in [-0.2, 0) is 0 Å². The molecule has 1 saturated heterocycles. The van der Waals surface area contributed by atoms with Crippen LogP contribution in [0.25, 0.3) is 0 Å². The summed E-state index contributed by atoms with van der Waals surface area (Å²) in [6, 6.07) is 5.21. The molecular weight excluding hydrogens is 234 g/mol. The first-order chi connectivity index (χ1) is 9.13. The van der Waals surface area contributed by atoms with Crippen LogP contribution in [0.4, 0.5) is 5.82 Å². The highest BCUT2D eigenvalue weighted by atomic mass is 15.2. The van der Waals surface area contributed by atoms with E-state index < -0.39 is 0 Å². The second-order valence-corrected chi connectivity index (χ2v) is 5.88. The van der Waals surface area contributed by atoms with Crippen molar-refractivity contribution < 1.29 is 0 Å². The summed E-state index contributed by atoms with van der Waals surface area (Å²) in [6.07, 6.45) is 4.53. The second-order valence-electron chi connectivity index (χ2n) is 5.88. The summed E-state index contributed by atoms with van der Waals surface area (Å²) in [7, 11) is 0. The Bertz CT molecular complexity index is 405. The van der Waals surface area contributed by atoms with Gasteiger partial charge >= 0.3 is 0 Å². The first-order valence-corrected chi connectivity index (χ1v) is 7.58. The standard InChI is InChI=1S/C16H27N3/c1-5-17-14(4)15-7-6-10-18-16(15)19-11-12(2)8-9-13(19)3/h6-7,10,12-14,17H,5,8-9,11H2,1-4H3. The van der Waals surface area contributed by atoms with Crippen LogP contribution in [0.2, 0.25) is 0 Å². The first-order valence-electron chi connectivity index (χ1n) is 7.58. The van der Waals surface area contributed by atoms with Gasteiger partial charge in [-0.05, 0) is 45.2 Å². The lowest BCUT2D eigenvalue weighted by atomic mass is 9.94. The van der Waals surface area contributed by atoms with Gasteiger partial charge in [0, 0.05) is 30.4 Å². The molecule has 3 heteroatoms. The quantitative estimate of drug-likeness (QED) is 0.900. The third kappa shape index (κ3) is 3.27. The van der Waals surface area contributed by atoms with Crippen molar-refractivity contribution in [1.82, 2.24) is 10.3 Å². The maximum atomic E-state index is 4.68. The van der Waals surface area contributed by atoms with Crippen LogP contribution in [0.5, 0.6) is 0 Å². The fourth-order valence-electron chi connectivity index (χ4n) is 2.99. The molecule has 1 aromatic rings. The van der Waals surface area contributed by atoms with Crippen LogP contribution < -0.4 is 10.2 Å². The van der Waals surface area contributed by atoms with Crippen LogP contribution in [-0.4, -0.2) is 24.1 Å². The van der Waals surface area contributed by atoms with Gasteiger partial charge in [-0.15, -0.1) is 0 Å². The van der Waals surface area contributed by atoms with Gasteiger partial charge in [-0.2, -0.15) is 0 Å². The smallest absolute Gasteiger partial charge is 0.133 e. The summed E-state index contributed by atoms with van der Waals surface area (Å²) < 4.78 is 0. The van der Waals surface area contributed by atoms with Gasteiger partial charge in [0.25, 0.3) is 0 Å². The summed E-state index contributed by atoms with van der Waals surface area (Å²) in [5, 5.41) is 3.50. The second kappa shape index (κ2) is 6.38. The molecule has 3 atom stereocenters. The SMILES string of the molecule is CCNC(C)c1cccnc1N1CC(C)CCC1C. The molecule has 0 aromatic carbocycles. The van der Waals surface area contributed by atoms with Crippen molar-refractivity contribution in [2.75, 3.05) is 18.0 Å². The molecule has 19 heavy (non-hydrogen) atoms. The summed E-state index contributed by atoms with van der Waals surface area (Å²) in [6.45, 7) is 11.2. The number of piperidine rings is 1. The molecule has 3 nitrogen and oxygen atoms in total. The number of hydrogen-bond acceptors (Lipinski definition) is 3. The molecule has 1 aromatic heterocycles. The van der Waals surface area contributed by atoms with E-state index in [4.69, 9.17) is 0 Å². The van der Waals surface area contributed by atoms with Crippen LogP contribution in [0.3, 0.4) is 0 Å². The zero-order chi connectivity index (χ0) is 13.8. The number of rotatable bonds is 4. The summed E-state index contributed by atoms with van der Waals surface area (Å²) in [5.74, 6) is 1.94. The number of pyridine rings is 1. The Morgan fingerprint density at radius 3 is 2.95 bits per heavy atom. The fraction of sp³-hybridized carbons (Fsp3) is 0.688. The Labute approximate surface area is 117 Å². The predicted octanol–water partition coefficient (Wildman–Crippen LogP) is 3.38. The van der Waals surface area contributed by atoms with E-state index in [1.807, 2.05) is 12.3 Å². The van der Waals surface area contributed by atoms with Crippen molar-refractivity contribution in [3.63, 3.8) is 0 Å². The third-order valence-corrected chi connectivity index (χ3v) is 4.18. The number of anilines is 1. The number of hydrogen-bond donors (Lipinski definition) is 1. The van der Waals surface area contributed by atoms with Gasteiger partial charge in [-0.25, -0.2) is 4.98 Å². The Morgan fingerprint density at radius 1 is 1.42 bits per heavy atom. The number of aromatic nitrogens is 1. The summed E-state index contributed by atoms with van der Waals surface area (Å²) >= 11 is 0. The van der Waals surface area contributed by atoms with Crippen LogP contribution in [0.1, 0.15) is 52.1 Å². The van der Waals surface area contributed by atoms with E-state index in [1.165, 1.54) is 24.2 Å². The lowest BCUT2D eigenvalue weighted by Gasteiger charge is -2.39. The highest BCUT2D eigenvalue weighted by molar-refractivity contribution is 5.49. The van der Waals surface area contributed by atoms with Crippen molar-refractivity contribution in [3.8, 4) is 0 Å². The lowest BCUT2D eigenvalue weighted by molar-refractivity contribution is 0.386. The molecule has 0 aliphatic carbocycles. The number of nitrogens with one attached hydrogen (secondary N) is 1. The largest absolute Gasteiger partial charge is 0.353 e. The molecule has 0 radical (unpaired) electrons. The van der Waals surface area contributed by atoms with E-state index in [9.17, 15) is 0 Å². The third-order valence-electron chi connectivity index (χ3n) is 4.18. The summed E-state index contributed by atoms with van der Waals surface area (Å²) in [5.41, 5.74) is 1.32. The van der Waals surface area contributed by atoms with Crippen LogP contribution in [0, 0.1) is 5.92 Å². The number of nitrogens with zero attached hydrogens (tertiary/aromatic N) is 2. The van der Waals surface area contributed by atoms with Gasteiger partial charge in [-0.1, -0.05) is 19.9 Å². The van der Waals surface area contributed by atoms with Gasteiger partial charge in [0.15, 0.2) is 0 Å². The molecule has 106 valence electrons. The molecule has 0 amide bonds. The molecule has 1 aliphatic rings. The van der Waals surface area contributed by atoms with E-state index in [0.29, 0.717) is 12.1 Å². The van der Waals surface area contributed by atoms with E-state index in [1.54, 1.807) is 0 Å². The normalized spacial score (nSPS) is 25.4. The Hall–Kier alpha value is -1.09. The highest BCUT2D eigenvalue weighted by Crippen LogP contribution is 2.30. The van der Waals surface area contributed by atoms with Gasteiger partial charge in [-0.3, -0.25) is 0 Å². The molecule has 1 aliphatic heterocycles. The molecule has 0 spiro atoms. The van der Waals surface area contributed by atoms with E-state index in [2.05, 4.69) is 49.0 Å². The molecule has 2 rings (SSSR count). The molecule has 1 fully saturated rings. The molecule has 0 saturated carbocycles. The average Bonchev–Trinajstić information content (AvgIpc) is 2.42. The fourth-order valence-corrected chi connectivity index (χ4v) is 2.99. The molecule has 0 bridgehead atoms. The minimum Gasteiger partial charge on any atom is -0.353 e. The van der Waals surface area contributed by atoms with E-state index in [0.717, 1.165) is 19.0 Å². The van der Waals surface area contributed by atoms with E-state index >= 15 is 0 Å². The lowest BCUT2D eigenvalue weighted by Crippen LogP contribution is -2.42. The Balaban J connectivity index is 2.27. The minimum atomic E-state index is 0.359. The molecule has 1 N–H and O–H groups in total. The zero-order valence-corrected chi connectivity index (χ0v) is 12.7. The maximum Gasteiger partial charge on any atom is 0.133 e. The predicted molar refractivity (Wildman–Crippen MR) is 81.5 cm³/mol. The Kier molecular flexibility index (Phi) is 4.81. The molecular formula is C16H27N3. The van der Waals surface area contributed by atoms with Crippen molar-refractivity contribution >= 4 is 5.82 Å². The van der Waals surface area contributed by atoms with Gasteiger partial charge in [0.1, 0.15) is 5.82 Å². The van der Waals surface area contributed by atoms with Gasteiger partial charge in [0.05, 0.1) is 0 Å². The highest BCUT2D eigenvalue weighted by Gasteiger charge is 2.26. The van der Waals surface area contributed by atoms with Crippen molar-refractivity contribution in [1.29, 1.82) is 0 Å². The average molecular weight is 261 g/mol. The topological polar surface area (TPSA) is 28.2 Å². The van der Waals surface area contributed by atoms with Gasteiger partial charge in [0.2, 0.25) is 0 Å². The molecule has 3 unspecified atom stereocenters. The minimum absolute atomic E-state index is 0.359. The summed E-state index contributed by atoms with van der Waals surface area (Å²) in [4.78, 5) is 7.17.